The summed E-state index contributed by atoms with van der Waals surface area (Å²) in [4.78, 5) is 13.6. The van der Waals surface area contributed by atoms with Crippen molar-refractivity contribution in [2.24, 2.45) is 5.92 Å². The van der Waals surface area contributed by atoms with Gasteiger partial charge in [-0.15, -0.1) is 11.3 Å². The minimum Gasteiger partial charge on any atom is -0.390 e. The number of rotatable bonds is 13. The number of hydrogen-bond acceptors (Lipinski definition) is 9. The Morgan fingerprint density at radius 1 is 0.956 bits per heavy atom. The van der Waals surface area contributed by atoms with Crippen LogP contribution in [-0.2, 0) is 12.8 Å². The molecule has 45 heavy (non-hydrogen) atoms. The van der Waals surface area contributed by atoms with Crippen molar-refractivity contribution >= 4 is 39.8 Å². The van der Waals surface area contributed by atoms with Crippen molar-refractivity contribution in [3.8, 4) is 10.6 Å². The van der Waals surface area contributed by atoms with Crippen LogP contribution in [-0.4, -0.2) is 68.1 Å². The van der Waals surface area contributed by atoms with E-state index in [1.54, 1.807) is 0 Å². The largest absolute Gasteiger partial charge is 0.390 e. The molecule has 1 saturated carbocycles. The molecule has 0 amide bonds. The molecule has 9 nitrogen and oxygen atoms in total. The average molecular weight is 650 g/mol. The van der Waals surface area contributed by atoms with Crippen molar-refractivity contribution in [2.45, 2.75) is 43.9 Å². The van der Waals surface area contributed by atoms with Gasteiger partial charge in [0, 0.05) is 36.0 Å². The quantitative estimate of drug-likeness (QED) is 0.0922. The lowest BCUT2D eigenvalue weighted by molar-refractivity contribution is 0.00695. The van der Waals surface area contributed by atoms with Gasteiger partial charge in [0.2, 0.25) is 5.28 Å². The molecule has 236 valence electrons. The molecule has 1 aliphatic carbocycles. The van der Waals surface area contributed by atoms with E-state index in [4.69, 9.17) is 22.3 Å². The van der Waals surface area contributed by atoms with Crippen molar-refractivity contribution in [3.63, 3.8) is 0 Å². The lowest BCUT2D eigenvalue weighted by Gasteiger charge is -2.19. The fourth-order valence-corrected chi connectivity index (χ4v) is 7.10. The zero-order valence-corrected chi connectivity index (χ0v) is 26.3. The summed E-state index contributed by atoms with van der Waals surface area (Å²) in [5, 5.41) is 32.5. The van der Waals surface area contributed by atoms with Gasteiger partial charge in [-0.3, -0.25) is 0 Å². The fraction of sp³-hybridized carbons (Fsp3) is 0.364. The number of aliphatic hydroxyl groups is 2. The highest BCUT2D eigenvalue weighted by Crippen LogP contribution is 2.42. The second-order valence-corrected chi connectivity index (χ2v) is 12.8. The molecule has 0 aliphatic heterocycles. The van der Waals surface area contributed by atoms with Crippen LogP contribution >= 0.6 is 22.9 Å². The van der Waals surface area contributed by atoms with Crippen LogP contribution in [0.1, 0.15) is 35.7 Å². The lowest BCUT2D eigenvalue weighted by Crippen LogP contribution is -2.34. The first-order valence-corrected chi connectivity index (χ1v) is 16.5. The average Bonchev–Trinajstić information content (AvgIpc) is 3.72. The predicted octanol–water partition coefficient (Wildman–Crippen LogP) is 4.62. The standard InChI is InChI=1S/C33H37ClFN7O2S/c34-33-40-30(36)27-25(32-39-24(19-45-32)15-21-5-2-1-3-6-21)18-42(31(27)41-33)26-16-22(28(43)29(26)44)17-38-13-4-12-37-14-11-20-7-9-23(35)10-8-20/h1-3,5-10,18-19,22,26,28-29,37-38,43-44H,4,11-17H2,(H2,36,40,41)/t22?,26-,28-,29+/m1/s1. The van der Waals surface area contributed by atoms with Crippen molar-refractivity contribution in [2.75, 3.05) is 31.9 Å². The molecule has 0 bridgehead atoms. The highest BCUT2D eigenvalue weighted by Gasteiger charge is 2.43. The van der Waals surface area contributed by atoms with Crippen LogP contribution in [0.2, 0.25) is 5.28 Å². The Bertz CT molecular complexity index is 1720. The second kappa shape index (κ2) is 14.3. The van der Waals surface area contributed by atoms with E-state index in [0.717, 1.165) is 54.3 Å². The molecular formula is C33H37ClFN7O2S. The van der Waals surface area contributed by atoms with Gasteiger partial charge in [0.05, 0.1) is 23.2 Å². The van der Waals surface area contributed by atoms with Gasteiger partial charge in [-0.1, -0.05) is 42.5 Å². The Hall–Kier alpha value is -3.45. The van der Waals surface area contributed by atoms with Crippen LogP contribution in [0.5, 0.6) is 0 Å². The summed E-state index contributed by atoms with van der Waals surface area (Å²) in [5.74, 6) is -0.122. The molecule has 2 aromatic carbocycles. The molecule has 1 aliphatic rings. The molecule has 3 heterocycles. The summed E-state index contributed by atoms with van der Waals surface area (Å²) < 4.78 is 14.9. The lowest BCUT2D eigenvalue weighted by atomic mass is 10.1. The maximum absolute atomic E-state index is 13.1. The van der Waals surface area contributed by atoms with E-state index in [0.29, 0.717) is 30.4 Å². The zero-order valence-electron chi connectivity index (χ0n) is 24.7. The van der Waals surface area contributed by atoms with Crippen molar-refractivity contribution < 1.29 is 14.6 Å². The van der Waals surface area contributed by atoms with E-state index >= 15 is 0 Å². The normalized spacial score (nSPS) is 19.9. The smallest absolute Gasteiger partial charge is 0.226 e. The van der Waals surface area contributed by atoms with Crippen molar-refractivity contribution in [1.29, 1.82) is 0 Å². The van der Waals surface area contributed by atoms with Crippen LogP contribution in [0.15, 0.2) is 66.2 Å². The van der Waals surface area contributed by atoms with E-state index in [9.17, 15) is 14.6 Å². The van der Waals surface area contributed by atoms with Crippen LogP contribution in [0.25, 0.3) is 21.6 Å². The van der Waals surface area contributed by atoms with Crippen LogP contribution in [0.3, 0.4) is 0 Å². The number of nitrogens with zero attached hydrogens (tertiary/aromatic N) is 4. The van der Waals surface area contributed by atoms with Crippen LogP contribution in [0.4, 0.5) is 10.2 Å². The number of aromatic nitrogens is 4. The second-order valence-electron chi connectivity index (χ2n) is 11.6. The summed E-state index contributed by atoms with van der Waals surface area (Å²) in [6, 6.07) is 16.3. The van der Waals surface area contributed by atoms with E-state index < -0.39 is 18.2 Å². The third-order valence-corrected chi connectivity index (χ3v) is 9.52. The van der Waals surface area contributed by atoms with E-state index in [2.05, 4.69) is 32.7 Å². The zero-order chi connectivity index (χ0) is 31.3. The number of hydrogen-bond donors (Lipinski definition) is 5. The number of aliphatic hydroxyl groups excluding tert-OH is 2. The van der Waals surface area contributed by atoms with E-state index in [-0.39, 0.29) is 22.8 Å². The van der Waals surface area contributed by atoms with Crippen LogP contribution in [0, 0.1) is 11.7 Å². The third kappa shape index (κ3) is 7.35. The maximum Gasteiger partial charge on any atom is 0.226 e. The number of nitrogen functional groups attached to an aromatic ring is 1. The Balaban J connectivity index is 1.08. The van der Waals surface area contributed by atoms with Gasteiger partial charge in [0.1, 0.15) is 28.4 Å². The number of fused-ring (bicyclic) bond motifs is 1. The predicted molar refractivity (Wildman–Crippen MR) is 177 cm³/mol. The molecule has 0 spiro atoms. The Labute approximate surface area is 270 Å². The van der Waals surface area contributed by atoms with E-state index in [1.165, 1.54) is 29.0 Å². The molecular weight excluding hydrogens is 613 g/mol. The molecule has 6 rings (SSSR count). The molecule has 1 unspecified atom stereocenters. The molecule has 0 saturated heterocycles. The Kier molecular flexibility index (Phi) is 10.0. The molecule has 1 fully saturated rings. The van der Waals surface area contributed by atoms with Gasteiger partial charge in [-0.25, -0.2) is 14.4 Å². The highest BCUT2D eigenvalue weighted by atomic mass is 35.5. The van der Waals surface area contributed by atoms with Gasteiger partial charge in [0.25, 0.3) is 0 Å². The first-order valence-electron chi connectivity index (χ1n) is 15.2. The molecule has 0 radical (unpaired) electrons. The third-order valence-electron chi connectivity index (χ3n) is 8.43. The van der Waals surface area contributed by atoms with Gasteiger partial charge in [-0.05, 0) is 73.8 Å². The van der Waals surface area contributed by atoms with Gasteiger partial charge >= 0.3 is 0 Å². The number of nitrogens with two attached hydrogens (primary N) is 1. The molecule has 5 aromatic rings. The number of benzene rings is 2. The van der Waals surface area contributed by atoms with E-state index in [1.807, 2.05) is 46.5 Å². The molecule has 12 heteroatoms. The number of thiazole rings is 1. The minimum absolute atomic E-state index is 0.0207. The Morgan fingerprint density at radius 3 is 2.53 bits per heavy atom. The monoisotopic (exact) mass is 649 g/mol. The summed E-state index contributed by atoms with van der Waals surface area (Å²) in [6.45, 7) is 3.01. The van der Waals surface area contributed by atoms with Crippen molar-refractivity contribution in [3.05, 3.63) is 94.1 Å². The van der Waals surface area contributed by atoms with Gasteiger partial charge < -0.3 is 31.1 Å². The van der Waals surface area contributed by atoms with Gasteiger partial charge in [-0.2, -0.15) is 4.98 Å². The molecule has 3 aromatic heterocycles. The number of nitrogens with one attached hydrogen (secondary N) is 2. The molecule has 6 N–H and O–H groups in total. The van der Waals surface area contributed by atoms with Crippen LogP contribution < -0.4 is 16.4 Å². The fourth-order valence-electron chi connectivity index (χ4n) is 6.09. The number of anilines is 1. The van der Waals surface area contributed by atoms with Gasteiger partial charge in [0.15, 0.2) is 0 Å². The topological polar surface area (TPSA) is 134 Å². The summed E-state index contributed by atoms with van der Waals surface area (Å²) >= 11 is 7.76. The highest BCUT2D eigenvalue weighted by molar-refractivity contribution is 7.13. The molecule has 4 atom stereocenters. The maximum atomic E-state index is 13.1. The first kappa shape index (κ1) is 31.5. The minimum atomic E-state index is -0.992. The summed E-state index contributed by atoms with van der Waals surface area (Å²) in [5.41, 5.74) is 10.9. The SMILES string of the molecule is Nc1nc(Cl)nc2c1c(-c1nc(Cc3ccccc3)cs1)cn2[C@@H]1CC(CNCCCNCCc2ccc(F)cc2)[C@@H](O)[C@H]1O. The Morgan fingerprint density at radius 2 is 1.73 bits per heavy atom. The number of halogens is 2. The first-order chi connectivity index (χ1) is 21.9. The summed E-state index contributed by atoms with van der Waals surface area (Å²) in [7, 11) is 0. The van der Waals surface area contributed by atoms with Crippen molar-refractivity contribution in [1.82, 2.24) is 30.2 Å². The summed E-state index contributed by atoms with van der Waals surface area (Å²) in [6.07, 6.45) is 3.03.